The van der Waals surface area contributed by atoms with Gasteiger partial charge in [0.25, 0.3) is 0 Å². The number of rotatable bonds is 25. The summed E-state index contributed by atoms with van der Waals surface area (Å²) >= 11 is 0. The Hall–Kier alpha value is -0.300. The van der Waals surface area contributed by atoms with Gasteiger partial charge >= 0.3 is 0 Å². The average Bonchev–Trinajstić information content (AvgIpc) is 2.75. The molecule has 0 bridgehead atoms. The van der Waals surface area contributed by atoms with Crippen LogP contribution in [-0.2, 0) is 0 Å². The molecule has 30 heavy (non-hydrogen) atoms. The Bertz CT molecular complexity index is 322. The summed E-state index contributed by atoms with van der Waals surface area (Å²) in [7, 11) is 0. The molecular formula is C29H59N. The standard InChI is InChI=1S/C29H59N/c1-3-5-7-9-11-12-13-14-15-16-17-18-19-20-22-24-26-28-29(30)27-25-23-21-10-8-6-4-2/h20,22,29H,3-19,21,23-28,30H2,1-2H3. The van der Waals surface area contributed by atoms with Gasteiger partial charge in [0, 0.05) is 6.04 Å². The Morgan fingerprint density at radius 3 is 1.23 bits per heavy atom. The first-order valence-corrected chi connectivity index (χ1v) is 14.2. The summed E-state index contributed by atoms with van der Waals surface area (Å²) in [6.07, 6.45) is 38.0. The molecule has 0 aliphatic heterocycles. The van der Waals surface area contributed by atoms with Gasteiger partial charge < -0.3 is 5.73 Å². The lowest BCUT2D eigenvalue weighted by atomic mass is 10.0. The predicted octanol–water partition coefficient (Wildman–Crippen LogP) is 10.3. The highest BCUT2D eigenvalue weighted by molar-refractivity contribution is 4.81. The molecule has 0 saturated heterocycles. The van der Waals surface area contributed by atoms with Crippen LogP contribution in [0.3, 0.4) is 0 Å². The van der Waals surface area contributed by atoms with Crippen molar-refractivity contribution in [3.8, 4) is 0 Å². The molecule has 0 aromatic carbocycles. The zero-order valence-electron chi connectivity index (χ0n) is 21.3. The quantitative estimate of drug-likeness (QED) is 0.115. The van der Waals surface area contributed by atoms with Crippen molar-refractivity contribution in [2.75, 3.05) is 0 Å². The van der Waals surface area contributed by atoms with E-state index in [-0.39, 0.29) is 0 Å². The molecule has 0 aromatic heterocycles. The van der Waals surface area contributed by atoms with Crippen molar-refractivity contribution in [1.82, 2.24) is 0 Å². The molecule has 0 rings (SSSR count). The fourth-order valence-electron chi connectivity index (χ4n) is 4.34. The molecule has 0 aliphatic rings. The highest BCUT2D eigenvalue weighted by atomic mass is 14.6. The molecule has 0 saturated carbocycles. The van der Waals surface area contributed by atoms with E-state index in [1.54, 1.807) is 0 Å². The van der Waals surface area contributed by atoms with Gasteiger partial charge in [0.05, 0.1) is 0 Å². The molecule has 1 nitrogen and oxygen atoms in total. The molecule has 1 unspecified atom stereocenters. The average molecular weight is 422 g/mol. The fraction of sp³-hybridized carbons (Fsp3) is 0.931. The van der Waals surface area contributed by atoms with Crippen LogP contribution in [0.4, 0.5) is 0 Å². The second-order valence-corrected chi connectivity index (χ2v) is 9.75. The number of allylic oxidation sites excluding steroid dienone is 2. The first-order chi connectivity index (χ1) is 14.8. The highest BCUT2D eigenvalue weighted by Gasteiger charge is 2.01. The largest absolute Gasteiger partial charge is 0.328 e. The van der Waals surface area contributed by atoms with Crippen molar-refractivity contribution < 1.29 is 0 Å². The summed E-state index contributed by atoms with van der Waals surface area (Å²) in [6.45, 7) is 4.58. The third-order valence-corrected chi connectivity index (χ3v) is 6.52. The maximum atomic E-state index is 6.28. The van der Waals surface area contributed by atoms with E-state index in [4.69, 9.17) is 5.73 Å². The van der Waals surface area contributed by atoms with Crippen molar-refractivity contribution in [2.45, 2.75) is 174 Å². The van der Waals surface area contributed by atoms with Crippen LogP contribution in [0.1, 0.15) is 168 Å². The molecule has 0 spiro atoms. The summed E-state index contributed by atoms with van der Waals surface area (Å²) in [6, 6.07) is 0.436. The van der Waals surface area contributed by atoms with Gasteiger partial charge in [-0.05, 0) is 38.5 Å². The molecule has 1 heteroatoms. The van der Waals surface area contributed by atoms with Crippen LogP contribution in [0.5, 0.6) is 0 Å². The zero-order chi connectivity index (χ0) is 22.0. The smallest absolute Gasteiger partial charge is 0.00389 e. The summed E-state index contributed by atoms with van der Waals surface area (Å²) in [5.41, 5.74) is 6.28. The van der Waals surface area contributed by atoms with Crippen LogP contribution in [0.2, 0.25) is 0 Å². The third-order valence-electron chi connectivity index (χ3n) is 6.52. The molecule has 0 amide bonds. The van der Waals surface area contributed by atoms with Crippen molar-refractivity contribution in [2.24, 2.45) is 5.73 Å². The topological polar surface area (TPSA) is 26.0 Å². The van der Waals surface area contributed by atoms with Crippen molar-refractivity contribution in [3.05, 3.63) is 12.2 Å². The Kier molecular flexibility index (Phi) is 26.5. The first kappa shape index (κ1) is 29.7. The molecule has 0 aromatic rings. The lowest BCUT2D eigenvalue weighted by molar-refractivity contribution is 0.500. The second-order valence-electron chi connectivity index (χ2n) is 9.75. The summed E-state index contributed by atoms with van der Waals surface area (Å²) < 4.78 is 0. The normalized spacial score (nSPS) is 12.8. The van der Waals surface area contributed by atoms with E-state index in [1.807, 2.05) is 0 Å². The minimum atomic E-state index is 0.436. The molecular weight excluding hydrogens is 362 g/mol. The Morgan fingerprint density at radius 2 is 0.767 bits per heavy atom. The van der Waals surface area contributed by atoms with Crippen molar-refractivity contribution in [1.29, 1.82) is 0 Å². The Labute approximate surface area is 192 Å². The molecule has 0 aliphatic carbocycles. The van der Waals surface area contributed by atoms with Crippen LogP contribution >= 0.6 is 0 Å². The van der Waals surface area contributed by atoms with Gasteiger partial charge in [-0.2, -0.15) is 0 Å². The highest BCUT2D eigenvalue weighted by Crippen LogP contribution is 2.14. The lowest BCUT2D eigenvalue weighted by Crippen LogP contribution is -2.19. The Morgan fingerprint density at radius 1 is 0.433 bits per heavy atom. The number of nitrogens with two attached hydrogens (primary N) is 1. The molecule has 0 heterocycles. The predicted molar refractivity (Wildman–Crippen MR) is 139 cm³/mol. The maximum absolute atomic E-state index is 6.28. The van der Waals surface area contributed by atoms with E-state index >= 15 is 0 Å². The van der Waals surface area contributed by atoms with E-state index in [9.17, 15) is 0 Å². The van der Waals surface area contributed by atoms with Crippen LogP contribution in [0.15, 0.2) is 12.2 Å². The van der Waals surface area contributed by atoms with Gasteiger partial charge in [-0.3, -0.25) is 0 Å². The van der Waals surface area contributed by atoms with E-state index in [0.717, 1.165) is 0 Å². The summed E-state index contributed by atoms with van der Waals surface area (Å²) in [5.74, 6) is 0. The van der Waals surface area contributed by atoms with Gasteiger partial charge in [0.15, 0.2) is 0 Å². The van der Waals surface area contributed by atoms with E-state index in [1.165, 1.54) is 154 Å². The molecule has 0 fully saturated rings. The number of hydrogen-bond acceptors (Lipinski definition) is 1. The monoisotopic (exact) mass is 421 g/mol. The van der Waals surface area contributed by atoms with Crippen LogP contribution in [-0.4, -0.2) is 6.04 Å². The lowest BCUT2D eigenvalue weighted by Gasteiger charge is -2.10. The minimum absolute atomic E-state index is 0.436. The van der Waals surface area contributed by atoms with Crippen LogP contribution < -0.4 is 5.73 Å². The molecule has 180 valence electrons. The van der Waals surface area contributed by atoms with E-state index in [0.29, 0.717) is 6.04 Å². The van der Waals surface area contributed by atoms with E-state index < -0.39 is 0 Å². The zero-order valence-corrected chi connectivity index (χ0v) is 21.3. The molecule has 2 N–H and O–H groups in total. The SMILES string of the molecule is CCCCCCCCCCCCCCC=CCCCC(N)CCCCCCCCC. The Balaban J connectivity index is 3.19. The third kappa shape index (κ3) is 25.7. The summed E-state index contributed by atoms with van der Waals surface area (Å²) in [4.78, 5) is 0. The second kappa shape index (κ2) is 26.7. The summed E-state index contributed by atoms with van der Waals surface area (Å²) in [5, 5.41) is 0. The van der Waals surface area contributed by atoms with Crippen LogP contribution in [0, 0.1) is 0 Å². The van der Waals surface area contributed by atoms with Crippen molar-refractivity contribution >= 4 is 0 Å². The van der Waals surface area contributed by atoms with Gasteiger partial charge in [-0.25, -0.2) is 0 Å². The number of hydrogen-bond donors (Lipinski definition) is 1. The van der Waals surface area contributed by atoms with E-state index in [2.05, 4.69) is 26.0 Å². The first-order valence-electron chi connectivity index (χ1n) is 14.2. The number of unbranched alkanes of at least 4 members (excludes halogenated alkanes) is 19. The van der Waals surface area contributed by atoms with Gasteiger partial charge in [0.1, 0.15) is 0 Å². The van der Waals surface area contributed by atoms with Gasteiger partial charge in [-0.15, -0.1) is 0 Å². The maximum Gasteiger partial charge on any atom is 0.00389 e. The molecule has 0 radical (unpaired) electrons. The van der Waals surface area contributed by atoms with Crippen LogP contribution in [0.25, 0.3) is 0 Å². The van der Waals surface area contributed by atoms with Gasteiger partial charge in [-0.1, -0.05) is 142 Å². The molecule has 1 atom stereocenters. The van der Waals surface area contributed by atoms with Crippen molar-refractivity contribution in [3.63, 3.8) is 0 Å². The van der Waals surface area contributed by atoms with Gasteiger partial charge in [0.2, 0.25) is 0 Å². The minimum Gasteiger partial charge on any atom is -0.328 e. The fourth-order valence-corrected chi connectivity index (χ4v) is 4.34.